The molecule has 0 aliphatic carbocycles. The van der Waals surface area contributed by atoms with Crippen LogP contribution in [0.5, 0.6) is 0 Å². The summed E-state index contributed by atoms with van der Waals surface area (Å²) in [6.45, 7) is 0. The molecule has 2 heterocycles. The molecule has 0 amide bonds. The summed E-state index contributed by atoms with van der Waals surface area (Å²) < 4.78 is 13.3. The average molecular weight is 205 g/mol. The van der Waals surface area contributed by atoms with E-state index in [9.17, 15) is 9.50 Å². The van der Waals surface area contributed by atoms with Crippen LogP contribution < -0.4 is 0 Å². The monoisotopic (exact) mass is 205 g/mol. The minimum atomic E-state index is -1.11. The summed E-state index contributed by atoms with van der Waals surface area (Å²) in [7, 11) is 0. The number of aliphatic hydroxyl groups excluding tert-OH is 1. The van der Waals surface area contributed by atoms with Crippen molar-refractivity contribution in [3.8, 4) is 0 Å². The van der Waals surface area contributed by atoms with E-state index in [1.54, 1.807) is 0 Å². The lowest BCUT2D eigenvalue weighted by molar-refractivity contribution is 0.209. The van der Waals surface area contributed by atoms with Gasteiger partial charge in [0.1, 0.15) is 11.9 Å². The molecule has 0 radical (unpaired) electrons. The lowest BCUT2D eigenvalue weighted by Crippen LogP contribution is -2.05. The van der Waals surface area contributed by atoms with Crippen LogP contribution in [0.4, 0.5) is 4.39 Å². The minimum Gasteiger partial charge on any atom is -0.382 e. The molecule has 1 N–H and O–H groups in total. The van der Waals surface area contributed by atoms with Crippen LogP contribution in [0.15, 0.2) is 37.1 Å². The fourth-order valence-electron chi connectivity index (χ4n) is 1.22. The van der Waals surface area contributed by atoms with Gasteiger partial charge < -0.3 is 5.11 Å². The molecular formula is C10H8FN3O. The van der Waals surface area contributed by atoms with Gasteiger partial charge in [-0.1, -0.05) is 0 Å². The molecule has 0 aliphatic heterocycles. The van der Waals surface area contributed by atoms with Gasteiger partial charge >= 0.3 is 0 Å². The van der Waals surface area contributed by atoms with Crippen molar-refractivity contribution in [3.05, 3.63) is 54.1 Å². The zero-order chi connectivity index (χ0) is 10.7. The molecule has 1 atom stereocenters. The Morgan fingerprint density at radius 2 is 1.93 bits per heavy atom. The molecule has 0 saturated carbocycles. The van der Waals surface area contributed by atoms with E-state index in [-0.39, 0.29) is 5.56 Å². The number of hydrogen-bond acceptors (Lipinski definition) is 4. The maximum absolute atomic E-state index is 13.3. The summed E-state index contributed by atoms with van der Waals surface area (Å²) in [5, 5.41) is 9.80. The van der Waals surface area contributed by atoms with Gasteiger partial charge in [0.15, 0.2) is 0 Å². The van der Waals surface area contributed by atoms with Crippen LogP contribution >= 0.6 is 0 Å². The van der Waals surface area contributed by atoms with E-state index in [4.69, 9.17) is 0 Å². The van der Waals surface area contributed by atoms with E-state index in [0.717, 1.165) is 6.20 Å². The second-order valence-electron chi connectivity index (χ2n) is 2.93. The third kappa shape index (κ3) is 1.97. The molecule has 0 aliphatic rings. The lowest BCUT2D eigenvalue weighted by Gasteiger charge is -2.09. The van der Waals surface area contributed by atoms with Gasteiger partial charge in [0.2, 0.25) is 0 Å². The molecule has 2 rings (SSSR count). The van der Waals surface area contributed by atoms with Crippen LogP contribution in [0.2, 0.25) is 0 Å². The van der Waals surface area contributed by atoms with E-state index in [0.29, 0.717) is 5.69 Å². The van der Waals surface area contributed by atoms with E-state index in [2.05, 4.69) is 15.0 Å². The van der Waals surface area contributed by atoms with Crippen molar-refractivity contribution < 1.29 is 9.50 Å². The number of halogens is 1. The van der Waals surface area contributed by atoms with E-state index in [1.165, 1.54) is 30.9 Å². The van der Waals surface area contributed by atoms with Crippen molar-refractivity contribution in [2.75, 3.05) is 0 Å². The predicted octanol–water partition coefficient (Wildman–Crippen LogP) is 1.09. The van der Waals surface area contributed by atoms with Crippen LogP contribution in [0.25, 0.3) is 0 Å². The third-order valence-corrected chi connectivity index (χ3v) is 1.96. The van der Waals surface area contributed by atoms with Crippen molar-refractivity contribution in [1.29, 1.82) is 0 Å². The van der Waals surface area contributed by atoms with Crippen molar-refractivity contribution in [2.45, 2.75) is 6.10 Å². The van der Waals surface area contributed by atoms with Gasteiger partial charge in [0.25, 0.3) is 0 Å². The van der Waals surface area contributed by atoms with Gasteiger partial charge in [-0.3, -0.25) is 15.0 Å². The molecule has 76 valence electrons. The van der Waals surface area contributed by atoms with Crippen LogP contribution in [-0.4, -0.2) is 20.1 Å². The third-order valence-electron chi connectivity index (χ3n) is 1.96. The first-order valence-electron chi connectivity index (χ1n) is 4.32. The SMILES string of the molecule is OC(c1cnccn1)c1ccncc1F. The normalized spacial score (nSPS) is 12.4. The second kappa shape index (κ2) is 4.10. The standard InChI is InChI=1S/C10H8FN3O/c11-8-5-12-2-1-7(8)10(15)9-6-13-3-4-14-9/h1-6,10,15H. The van der Waals surface area contributed by atoms with Crippen molar-refractivity contribution >= 4 is 0 Å². The van der Waals surface area contributed by atoms with Crippen LogP contribution in [0.3, 0.4) is 0 Å². The van der Waals surface area contributed by atoms with Crippen LogP contribution in [-0.2, 0) is 0 Å². The number of nitrogens with zero attached hydrogens (tertiary/aromatic N) is 3. The molecule has 15 heavy (non-hydrogen) atoms. The fraction of sp³-hybridized carbons (Fsp3) is 0.100. The van der Waals surface area contributed by atoms with E-state index in [1.807, 2.05) is 0 Å². The Kier molecular flexibility index (Phi) is 2.64. The fourth-order valence-corrected chi connectivity index (χ4v) is 1.22. The molecule has 0 fully saturated rings. The molecule has 0 saturated heterocycles. The smallest absolute Gasteiger partial charge is 0.147 e. The molecule has 2 aromatic heterocycles. The Labute approximate surface area is 85.5 Å². The molecular weight excluding hydrogens is 197 g/mol. The van der Waals surface area contributed by atoms with Crippen molar-refractivity contribution in [1.82, 2.24) is 15.0 Å². The number of hydrogen-bond donors (Lipinski definition) is 1. The molecule has 2 aromatic rings. The van der Waals surface area contributed by atoms with E-state index < -0.39 is 11.9 Å². The van der Waals surface area contributed by atoms with Crippen molar-refractivity contribution in [3.63, 3.8) is 0 Å². The Morgan fingerprint density at radius 3 is 2.60 bits per heavy atom. The number of pyridine rings is 1. The molecule has 1 unspecified atom stereocenters. The summed E-state index contributed by atoms with van der Waals surface area (Å²) >= 11 is 0. The first-order valence-corrected chi connectivity index (χ1v) is 4.32. The highest BCUT2D eigenvalue weighted by atomic mass is 19.1. The van der Waals surface area contributed by atoms with Gasteiger partial charge in [-0.25, -0.2) is 4.39 Å². The maximum atomic E-state index is 13.3. The average Bonchev–Trinajstić information content (AvgIpc) is 2.30. The molecule has 5 heteroatoms. The van der Waals surface area contributed by atoms with E-state index >= 15 is 0 Å². The number of aliphatic hydroxyl groups is 1. The Balaban J connectivity index is 2.37. The highest BCUT2D eigenvalue weighted by Crippen LogP contribution is 2.20. The topological polar surface area (TPSA) is 58.9 Å². The summed E-state index contributed by atoms with van der Waals surface area (Å²) in [5.41, 5.74) is 0.452. The first kappa shape index (κ1) is 9.67. The number of aromatic nitrogens is 3. The predicted molar refractivity (Wildman–Crippen MR) is 50.3 cm³/mol. The van der Waals surface area contributed by atoms with Gasteiger partial charge in [0, 0.05) is 24.2 Å². The quantitative estimate of drug-likeness (QED) is 0.797. The summed E-state index contributed by atoms with van der Waals surface area (Å²) in [4.78, 5) is 11.3. The van der Waals surface area contributed by atoms with Gasteiger partial charge in [-0.15, -0.1) is 0 Å². The maximum Gasteiger partial charge on any atom is 0.147 e. The Bertz CT molecular complexity index is 449. The minimum absolute atomic E-state index is 0.144. The second-order valence-corrected chi connectivity index (χ2v) is 2.93. The summed E-state index contributed by atoms with van der Waals surface area (Å²) in [6.07, 6.45) is 5.68. The highest BCUT2D eigenvalue weighted by Gasteiger charge is 2.15. The van der Waals surface area contributed by atoms with Crippen LogP contribution in [0.1, 0.15) is 17.4 Å². The van der Waals surface area contributed by atoms with Crippen LogP contribution in [0, 0.1) is 5.82 Å². The van der Waals surface area contributed by atoms with Crippen molar-refractivity contribution in [2.24, 2.45) is 0 Å². The zero-order valence-electron chi connectivity index (χ0n) is 7.71. The molecule has 0 aromatic carbocycles. The van der Waals surface area contributed by atoms with Gasteiger partial charge in [0.05, 0.1) is 18.1 Å². The number of rotatable bonds is 2. The summed E-state index contributed by atoms with van der Waals surface area (Å²) in [5.74, 6) is -0.560. The zero-order valence-corrected chi connectivity index (χ0v) is 7.71. The molecule has 4 nitrogen and oxygen atoms in total. The first-order chi connectivity index (χ1) is 7.29. The molecule has 0 spiro atoms. The Morgan fingerprint density at radius 1 is 1.13 bits per heavy atom. The highest BCUT2D eigenvalue weighted by molar-refractivity contribution is 5.23. The van der Waals surface area contributed by atoms with Gasteiger partial charge in [-0.2, -0.15) is 0 Å². The lowest BCUT2D eigenvalue weighted by atomic mass is 10.1. The summed E-state index contributed by atoms with van der Waals surface area (Å²) in [6, 6.07) is 1.41. The Hall–Kier alpha value is -1.88. The largest absolute Gasteiger partial charge is 0.382 e. The molecule has 0 bridgehead atoms. The van der Waals surface area contributed by atoms with Gasteiger partial charge in [-0.05, 0) is 6.07 Å².